The fraction of sp³-hybridized carbons (Fsp3) is 0.625. The molecule has 0 fully saturated rings. The minimum atomic E-state index is 0.399. The number of hydrogen-bond acceptors (Lipinski definition) is 2. The van der Waals surface area contributed by atoms with E-state index < -0.39 is 0 Å². The Morgan fingerprint density at radius 2 is 2.05 bits per heavy atom. The molecule has 0 aromatic heterocycles. The molecule has 114 valence electrons. The third-order valence-corrected chi connectivity index (χ3v) is 3.90. The molecule has 0 spiro atoms. The lowest BCUT2D eigenvalue weighted by atomic mass is 9.96. The average molecular weight is 318 g/mol. The van der Waals surface area contributed by atoms with Crippen molar-refractivity contribution in [1.29, 1.82) is 0 Å². The van der Waals surface area contributed by atoms with Crippen LogP contribution in [-0.4, -0.2) is 26.3 Å². The zero-order chi connectivity index (χ0) is 15.0. The van der Waals surface area contributed by atoms with Crippen LogP contribution in [0.3, 0.4) is 0 Å². The fourth-order valence-electron chi connectivity index (χ4n) is 2.39. The lowest BCUT2D eigenvalue weighted by Crippen LogP contribution is -2.34. The number of hydrogen-bond donors (Lipinski definition) is 1. The molecule has 0 radical (unpaired) electrons. The summed E-state index contributed by atoms with van der Waals surface area (Å²) < 4.78 is 5.23. The Labute approximate surface area is 132 Å². The van der Waals surface area contributed by atoms with E-state index in [0.717, 1.165) is 48.0 Å². The van der Waals surface area contributed by atoms with Crippen LogP contribution in [0.15, 0.2) is 18.2 Å². The molecule has 0 bridgehead atoms. The molecule has 4 heteroatoms. The lowest BCUT2D eigenvalue weighted by molar-refractivity contribution is 0.149. The maximum Gasteiger partial charge on any atom is 0.0488 e. The van der Waals surface area contributed by atoms with E-state index in [1.165, 1.54) is 0 Å². The molecule has 0 heterocycles. The van der Waals surface area contributed by atoms with Gasteiger partial charge in [0.1, 0.15) is 0 Å². The maximum atomic E-state index is 6.26. The van der Waals surface area contributed by atoms with Crippen LogP contribution in [0.25, 0.3) is 0 Å². The number of methoxy groups -OCH3 is 1. The molecule has 0 saturated heterocycles. The molecule has 0 aliphatic heterocycles. The molecule has 2 nitrogen and oxygen atoms in total. The van der Waals surface area contributed by atoms with E-state index in [2.05, 4.69) is 19.2 Å². The van der Waals surface area contributed by atoms with Gasteiger partial charge in [0.2, 0.25) is 0 Å². The topological polar surface area (TPSA) is 21.3 Å². The highest BCUT2D eigenvalue weighted by Gasteiger charge is 2.15. The summed E-state index contributed by atoms with van der Waals surface area (Å²) in [6.07, 6.45) is 3.09. The number of ether oxygens (including phenoxy) is 1. The second kappa shape index (κ2) is 9.62. The van der Waals surface area contributed by atoms with Gasteiger partial charge < -0.3 is 10.1 Å². The molecular weight excluding hydrogens is 293 g/mol. The number of benzene rings is 1. The Morgan fingerprint density at radius 1 is 1.30 bits per heavy atom. The summed E-state index contributed by atoms with van der Waals surface area (Å²) in [5.41, 5.74) is 1.11. The van der Waals surface area contributed by atoms with E-state index in [0.29, 0.717) is 12.0 Å². The van der Waals surface area contributed by atoms with E-state index >= 15 is 0 Å². The molecule has 1 rings (SSSR count). The first-order valence-corrected chi connectivity index (χ1v) is 7.98. The smallest absolute Gasteiger partial charge is 0.0488 e. The quantitative estimate of drug-likeness (QED) is 0.720. The van der Waals surface area contributed by atoms with Crippen LogP contribution >= 0.6 is 23.2 Å². The third kappa shape index (κ3) is 6.45. The standard InChI is InChI=1S/C16H25Cl2NO/c1-4-7-19-15(8-12(2)11-20-3)10-13-9-14(17)5-6-16(13)18/h5-6,9,12,15,19H,4,7-8,10-11H2,1-3H3. The highest BCUT2D eigenvalue weighted by molar-refractivity contribution is 6.33. The van der Waals surface area contributed by atoms with E-state index in [1.54, 1.807) is 7.11 Å². The number of rotatable bonds is 9. The Morgan fingerprint density at radius 3 is 2.70 bits per heavy atom. The highest BCUT2D eigenvalue weighted by atomic mass is 35.5. The van der Waals surface area contributed by atoms with Gasteiger partial charge in [-0.1, -0.05) is 37.0 Å². The minimum absolute atomic E-state index is 0.399. The summed E-state index contributed by atoms with van der Waals surface area (Å²) in [5.74, 6) is 0.521. The summed E-state index contributed by atoms with van der Waals surface area (Å²) in [6.45, 7) is 6.19. The first-order valence-electron chi connectivity index (χ1n) is 7.23. The molecule has 1 aromatic carbocycles. The predicted octanol–water partition coefficient (Wildman–Crippen LogP) is 4.58. The SMILES string of the molecule is CCCNC(Cc1cc(Cl)ccc1Cl)CC(C)COC. The second-order valence-corrected chi connectivity index (χ2v) is 6.23. The summed E-state index contributed by atoms with van der Waals surface area (Å²) in [6, 6.07) is 6.06. The average Bonchev–Trinajstić information content (AvgIpc) is 2.40. The zero-order valence-electron chi connectivity index (χ0n) is 12.6. The molecule has 0 amide bonds. The van der Waals surface area contributed by atoms with Crippen molar-refractivity contribution in [1.82, 2.24) is 5.32 Å². The normalized spacial score (nSPS) is 14.2. The lowest BCUT2D eigenvalue weighted by Gasteiger charge is -2.22. The minimum Gasteiger partial charge on any atom is -0.384 e. The van der Waals surface area contributed by atoms with Gasteiger partial charge in [-0.3, -0.25) is 0 Å². The molecule has 0 aliphatic rings. The Bertz CT molecular complexity index is 398. The molecule has 2 unspecified atom stereocenters. The Hall–Kier alpha value is -0.280. The van der Waals surface area contributed by atoms with E-state index in [1.807, 2.05) is 18.2 Å². The predicted molar refractivity (Wildman–Crippen MR) is 87.9 cm³/mol. The Balaban J connectivity index is 2.69. The van der Waals surface area contributed by atoms with E-state index in [-0.39, 0.29) is 0 Å². The van der Waals surface area contributed by atoms with Crippen LogP contribution in [0.4, 0.5) is 0 Å². The van der Waals surface area contributed by atoms with E-state index in [4.69, 9.17) is 27.9 Å². The fourth-order valence-corrected chi connectivity index (χ4v) is 2.78. The van der Waals surface area contributed by atoms with Crippen LogP contribution in [-0.2, 0) is 11.2 Å². The number of halogens is 2. The zero-order valence-corrected chi connectivity index (χ0v) is 14.1. The van der Waals surface area contributed by atoms with Crippen molar-refractivity contribution in [2.75, 3.05) is 20.3 Å². The van der Waals surface area contributed by atoms with Crippen LogP contribution in [0, 0.1) is 5.92 Å². The molecule has 0 aliphatic carbocycles. The van der Waals surface area contributed by atoms with Gasteiger partial charge in [-0.15, -0.1) is 0 Å². The maximum absolute atomic E-state index is 6.26. The van der Waals surface area contributed by atoms with Gasteiger partial charge >= 0.3 is 0 Å². The van der Waals surface area contributed by atoms with Gasteiger partial charge in [0, 0.05) is 29.8 Å². The van der Waals surface area contributed by atoms with Gasteiger partial charge in [0.15, 0.2) is 0 Å². The largest absolute Gasteiger partial charge is 0.384 e. The summed E-state index contributed by atoms with van der Waals surface area (Å²) in [5, 5.41) is 5.13. The van der Waals surface area contributed by atoms with Gasteiger partial charge in [-0.05, 0) is 55.5 Å². The van der Waals surface area contributed by atoms with Gasteiger partial charge in [-0.25, -0.2) is 0 Å². The van der Waals surface area contributed by atoms with Crippen molar-refractivity contribution < 1.29 is 4.74 Å². The molecular formula is C16H25Cl2NO. The molecule has 20 heavy (non-hydrogen) atoms. The van der Waals surface area contributed by atoms with Crippen molar-refractivity contribution >= 4 is 23.2 Å². The summed E-state index contributed by atoms with van der Waals surface area (Å²) in [7, 11) is 1.75. The third-order valence-electron chi connectivity index (χ3n) is 3.30. The van der Waals surface area contributed by atoms with Crippen LogP contribution < -0.4 is 5.32 Å². The summed E-state index contributed by atoms with van der Waals surface area (Å²) in [4.78, 5) is 0. The molecule has 1 N–H and O–H groups in total. The van der Waals surface area contributed by atoms with Crippen LogP contribution in [0.1, 0.15) is 32.3 Å². The van der Waals surface area contributed by atoms with Gasteiger partial charge in [0.05, 0.1) is 0 Å². The monoisotopic (exact) mass is 317 g/mol. The number of nitrogens with one attached hydrogen (secondary N) is 1. The van der Waals surface area contributed by atoms with E-state index in [9.17, 15) is 0 Å². The van der Waals surface area contributed by atoms with Gasteiger partial charge in [0.25, 0.3) is 0 Å². The van der Waals surface area contributed by atoms with Gasteiger partial charge in [-0.2, -0.15) is 0 Å². The molecule has 1 aromatic rings. The van der Waals surface area contributed by atoms with Crippen molar-refractivity contribution in [3.05, 3.63) is 33.8 Å². The van der Waals surface area contributed by atoms with Crippen LogP contribution in [0.5, 0.6) is 0 Å². The van der Waals surface area contributed by atoms with Crippen LogP contribution in [0.2, 0.25) is 10.0 Å². The van der Waals surface area contributed by atoms with Crippen molar-refractivity contribution in [2.24, 2.45) is 5.92 Å². The first-order chi connectivity index (χ1) is 9.56. The van der Waals surface area contributed by atoms with Crippen molar-refractivity contribution in [2.45, 2.75) is 39.2 Å². The highest BCUT2D eigenvalue weighted by Crippen LogP contribution is 2.23. The molecule has 2 atom stereocenters. The van der Waals surface area contributed by atoms with Crippen molar-refractivity contribution in [3.63, 3.8) is 0 Å². The second-order valence-electron chi connectivity index (χ2n) is 5.39. The van der Waals surface area contributed by atoms with Crippen molar-refractivity contribution in [3.8, 4) is 0 Å². The summed E-state index contributed by atoms with van der Waals surface area (Å²) >= 11 is 12.3. The first kappa shape index (κ1) is 17.8. The Kier molecular flexibility index (Phi) is 8.55. The molecule has 0 saturated carbocycles.